The topological polar surface area (TPSA) is 68.3 Å². The van der Waals surface area contributed by atoms with Crippen LogP contribution in [0.5, 0.6) is 0 Å². The van der Waals surface area contributed by atoms with Gasteiger partial charge in [-0.25, -0.2) is 9.78 Å². The molecule has 0 atom stereocenters. The molecule has 112 valence electrons. The molecular weight excluding hydrogens is 315 g/mol. The van der Waals surface area contributed by atoms with Gasteiger partial charge in [0.1, 0.15) is 15.9 Å². The Bertz CT molecular complexity index is 598. The molecule has 0 aromatic carbocycles. The first-order chi connectivity index (χ1) is 10.0. The van der Waals surface area contributed by atoms with E-state index in [2.05, 4.69) is 10.3 Å². The molecule has 0 aliphatic heterocycles. The lowest BCUT2D eigenvalue weighted by Crippen LogP contribution is -2.21. The van der Waals surface area contributed by atoms with Gasteiger partial charge in [0.15, 0.2) is 0 Å². The van der Waals surface area contributed by atoms with Crippen molar-refractivity contribution in [2.45, 2.75) is 25.8 Å². The third kappa shape index (κ3) is 4.19. The van der Waals surface area contributed by atoms with Crippen LogP contribution in [0.2, 0.25) is 10.3 Å². The van der Waals surface area contributed by atoms with Crippen LogP contribution in [0.1, 0.15) is 30.1 Å². The second-order valence-corrected chi connectivity index (χ2v) is 5.27. The van der Waals surface area contributed by atoms with Crippen molar-refractivity contribution in [1.29, 1.82) is 0 Å². The Kier molecular flexibility index (Phi) is 5.20. The molecule has 1 saturated carbocycles. The largest absolute Gasteiger partial charge is 0.462 e. The van der Waals surface area contributed by atoms with Gasteiger partial charge in [0, 0.05) is 12.2 Å². The fourth-order valence-corrected chi connectivity index (χ4v) is 2.03. The van der Waals surface area contributed by atoms with Gasteiger partial charge in [0.2, 0.25) is 5.78 Å². The number of ether oxygens (including phenoxy) is 1. The molecule has 0 amide bonds. The SMILES string of the molecule is CCOC(=O)C(=CNC1CC1)C(=O)c1ccc(Cl)nc1Cl. The number of aromatic nitrogens is 1. The normalized spacial score (nSPS) is 14.7. The highest BCUT2D eigenvalue weighted by atomic mass is 35.5. The number of Topliss-reactive ketones (excluding diaryl/α,β-unsaturated/α-hetero) is 1. The van der Waals surface area contributed by atoms with Crippen molar-refractivity contribution in [2.75, 3.05) is 6.61 Å². The predicted octanol–water partition coefficient (Wildman–Crippen LogP) is 2.77. The van der Waals surface area contributed by atoms with Crippen molar-refractivity contribution in [1.82, 2.24) is 10.3 Å². The van der Waals surface area contributed by atoms with Crippen LogP contribution in [0.4, 0.5) is 0 Å². The number of carbonyl (C=O) groups is 2. The van der Waals surface area contributed by atoms with Crippen LogP contribution in [0, 0.1) is 0 Å². The van der Waals surface area contributed by atoms with E-state index in [9.17, 15) is 9.59 Å². The first-order valence-electron chi connectivity index (χ1n) is 6.53. The van der Waals surface area contributed by atoms with Crippen LogP contribution in [0.25, 0.3) is 0 Å². The summed E-state index contributed by atoms with van der Waals surface area (Å²) in [6.45, 7) is 1.85. The van der Waals surface area contributed by atoms with E-state index < -0.39 is 11.8 Å². The molecule has 1 aliphatic rings. The number of halogens is 2. The highest BCUT2D eigenvalue weighted by Gasteiger charge is 2.26. The number of hydrogen-bond acceptors (Lipinski definition) is 5. The number of carbonyl (C=O) groups excluding carboxylic acids is 2. The van der Waals surface area contributed by atoms with Crippen LogP contribution in [0.15, 0.2) is 23.9 Å². The summed E-state index contributed by atoms with van der Waals surface area (Å²) < 4.78 is 4.91. The zero-order valence-corrected chi connectivity index (χ0v) is 12.9. The van der Waals surface area contributed by atoms with Crippen molar-refractivity contribution >= 4 is 35.0 Å². The zero-order chi connectivity index (χ0) is 15.4. The molecule has 0 saturated heterocycles. The van der Waals surface area contributed by atoms with Crippen LogP contribution < -0.4 is 5.32 Å². The van der Waals surface area contributed by atoms with Gasteiger partial charge in [-0.3, -0.25) is 4.79 Å². The minimum Gasteiger partial charge on any atom is -0.462 e. The van der Waals surface area contributed by atoms with E-state index in [1.165, 1.54) is 18.3 Å². The molecule has 0 radical (unpaired) electrons. The smallest absolute Gasteiger partial charge is 0.343 e. The minimum absolute atomic E-state index is 0.0471. The van der Waals surface area contributed by atoms with Crippen molar-refractivity contribution in [3.8, 4) is 0 Å². The second-order valence-electron chi connectivity index (χ2n) is 4.52. The molecule has 21 heavy (non-hydrogen) atoms. The van der Waals surface area contributed by atoms with E-state index in [1.54, 1.807) is 6.92 Å². The zero-order valence-electron chi connectivity index (χ0n) is 11.4. The predicted molar refractivity (Wildman–Crippen MR) is 79.5 cm³/mol. The van der Waals surface area contributed by atoms with Gasteiger partial charge in [-0.2, -0.15) is 0 Å². The Morgan fingerprint density at radius 3 is 2.71 bits per heavy atom. The third-order valence-electron chi connectivity index (χ3n) is 2.84. The lowest BCUT2D eigenvalue weighted by atomic mass is 10.1. The van der Waals surface area contributed by atoms with Crippen molar-refractivity contribution in [3.05, 3.63) is 39.8 Å². The first-order valence-corrected chi connectivity index (χ1v) is 7.28. The Balaban J connectivity index is 2.27. The molecule has 1 aromatic heterocycles. The lowest BCUT2D eigenvalue weighted by molar-refractivity contribution is -0.138. The number of nitrogens with zero attached hydrogens (tertiary/aromatic N) is 1. The van der Waals surface area contributed by atoms with E-state index >= 15 is 0 Å². The van der Waals surface area contributed by atoms with Crippen LogP contribution in [-0.2, 0) is 9.53 Å². The third-order valence-corrected chi connectivity index (χ3v) is 3.34. The standard InChI is InChI=1S/C14H14Cl2N2O3/c1-2-21-14(20)10(7-17-8-3-4-8)12(19)9-5-6-11(15)18-13(9)16/h5-8,17H,2-4H2,1H3. The molecule has 7 heteroatoms. The number of pyridine rings is 1. The van der Waals surface area contributed by atoms with Gasteiger partial charge in [-0.1, -0.05) is 23.2 Å². The summed E-state index contributed by atoms with van der Waals surface area (Å²) in [5.74, 6) is -1.24. The summed E-state index contributed by atoms with van der Waals surface area (Å²) in [6.07, 6.45) is 3.43. The maximum Gasteiger partial charge on any atom is 0.343 e. The molecule has 2 rings (SSSR count). The Hall–Kier alpha value is -1.59. The van der Waals surface area contributed by atoms with Crippen LogP contribution in [-0.4, -0.2) is 29.4 Å². The van der Waals surface area contributed by atoms with Crippen molar-refractivity contribution in [3.63, 3.8) is 0 Å². The van der Waals surface area contributed by atoms with Crippen molar-refractivity contribution in [2.24, 2.45) is 0 Å². The first kappa shape index (κ1) is 15.8. The number of hydrogen-bond donors (Lipinski definition) is 1. The van der Waals surface area contributed by atoms with E-state index in [1.807, 2.05) is 0 Å². The average molecular weight is 329 g/mol. The monoisotopic (exact) mass is 328 g/mol. The van der Waals surface area contributed by atoms with Gasteiger partial charge in [0.05, 0.1) is 12.2 Å². The molecule has 0 bridgehead atoms. The summed E-state index contributed by atoms with van der Waals surface area (Å²) in [4.78, 5) is 28.2. The highest BCUT2D eigenvalue weighted by molar-refractivity contribution is 6.37. The minimum atomic E-state index is -0.693. The fraction of sp³-hybridized carbons (Fsp3) is 0.357. The summed E-state index contributed by atoms with van der Waals surface area (Å²) in [5.41, 5.74) is 0.00717. The Morgan fingerprint density at radius 2 is 2.14 bits per heavy atom. The maximum absolute atomic E-state index is 12.4. The molecule has 0 spiro atoms. The van der Waals surface area contributed by atoms with E-state index in [0.717, 1.165) is 12.8 Å². The lowest BCUT2D eigenvalue weighted by Gasteiger charge is -2.08. The number of nitrogens with one attached hydrogen (secondary N) is 1. The summed E-state index contributed by atoms with van der Waals surface area (Å²) in [6, 6.07) is 3.18. The summed E-state index contributed by atoms with van der Waals surface area (Å²) >= 11 is 11.6. The molecule has 5 nitrogen and oxygen atoms in total. The molecule has 0 unspecified atom stereocenters. The molecule has 1 N–H and O–H groups in total. The Morgan fingerprint density at radius 1 is 1.43 bits per heavy atom. The summed E-state index contributed by atoms with van der Waals surface area (Å²) in [7, 11) is 0. The molecule has 1 aliphatic carbocycles. The summed E-state index contributed by atoms with van der Waals surface area (Å²) in [5, 5.41) is 3.13. The van der Waals surface area contributed by atoms with Crippen LogP contribution in [0.3, 0.4) is 0 Å². The number of esters is 1. The maximum atomic E-state index is 12.4. The molecular formula is C14H14Cl2N2O3. The molecule has 1 heterocycles. The highest BCUT2D eigenvalue weighted by Crippen LogP contribution is 2.22. The van der Waals surface area contributed by atoms with Gasteiger partial charge in [-0.15, -0.1) is 0 Å². The quantitative estimate of drug-likeness (QED) is 0.217. The van der Waals surface area contributed by atoms with Crippen LogP contribution >= 0.6 is 23.2 Å². The average Bonchev–Trinajstić information content (AvgIpc) is 3.23. The second kappa shape index (κ2) is 6.91. The van der Waals surface area contributed by atoms with E-state index in [4.69, 9.17) is 27.9 Å². The fourth-order valence-electron chi connectivity index (χ4n) is 1.60. The Labute approximate surface area is 132 Å². The van der Waals surface area contributed by atoms with Gasteiger partial charge in [-0.05, 0) is 31.9 Å². The van der Waals surface area contributed by atoms with Crippen molar-refractivity contribution < 1.29 is 14.3 Å². The van der Waals surface area contributed by atoms with E-state index in [0.29, 0.717) is 6.04 Å². The number of ketones is 1. The van der Waals surface area contributed by atoms with E-state index in [-0.39, 0.29) is 28.0 Å². The van der Waals surface area contributed by atoms with Gasteiger partial charge >= 0.3 is 5.97 Å². The molecule has 1 aromatic rings. The number of rotatable bonds is 6. The van der Waals surface area contributed by atoms with Gasteiger partial charge < -0.3 is 10.1 Å². The molecule has 1 fully saturated rings. The van der Waals surface area contributed by atoms with Gasteiger partial charge in [0.25, 0.3) is 0 Å².